The number of fused-ring (bicyclic) bond motifs is 1. The van der Waals surface area contributed by atoms with Gasteiger partial charge >= 0.3 is 0 Å². The van der Waals surface area contributed by atoms with Gasteiger partial charge in [0.1, 0.15) is 12.8 Å². The van der Waals surface area contributed by atoms with Crippen LogP contribution in [0.1, 0.15) is 31.4 Å². The molecule has 122 valence electrons. The molecule has 2 aromatic carbocycles. The molecule has 0 aliphatic carbocycles. The molecule has 0 bridgehead atoms. The molecule has 4 rings (SSSR count). The highest BCUT2D eigenvalue weighted by atomic mass is 15.5. The maximum absolute atomic E-state index is 4.97. The molecule has 24 heavy (non-hydrogen) atoms. The Morgan fingerprint density at radius 2 is 1.75 bits per heavy atom. The van der Waals surface area contributed by atoms with E-state index in [4.69, 9.17) is 5.10 Å². The first-order valence-electron chi connectivity index (χ1n) is 8.61. The average molecular weight is 318 g/mol. The molecule has 2 aliphatic rings. The number of aryl methyl sites for hydroxylation is 1. The molecular formula is C21H24N3+. The minimum atomic E-state index is -0.00649. The Bertz CT molecular complexity index is 857. The van der Waals surface area contributed by atoms with Gasteiger partial charge < -0.3 is 0 Å². The van der Waals surface area contributed by atoms with Crippen molar-refractivity contribution in [1.29, 1.82) is 0 Å². The average Bonchev–Trinajstić information content (AvgIpc) is 3.11. The van der Waals surface area contributed by atoms with E-state index < -0.39 is 0 Å². The molecule has 2 aromatic rings. The number of para-hydroxylation sites is 1. The Balaban J connectivity index is 1.73. The van der Waals surface area contributed by atoms with Crippen LogP contribution in [0.5, 0.6) is 0 Å². The number of nitrogens with zero attached hydrogens (tertiary/aromatic N) is 3. The van der Waals surface area contributed by atoms with Crippen molar-refractivity contribution in [2.75, 3.05) is 18.6 Å². The van der Waals surface area contributed by atoms with Crippen molar-refractivity contribution >= 4 is 22.8 Å². The lowest BCUT2D eigenvalue weighted by Gasteiger charge is -2.17. The third-order valence-corrected chi connectivity index (χ3v) is 5.27. The second kappa shape index (κ2) is 5.30. The van der Waals surface area contributed by atoms with Crippen LogP contribution in [0.3, 0.4) is 0 Å². The van der Waals surface area contributed by atoms with Crippen LogP contribution in [0.15, 0.2) is 53.6 Å². The lowest BCUT2D eigenvalue weighted by Crippen LogP contribution is -2.35. The van der Waals surface area contributed by atoms with E-state index in [0.29, 0.717) is 0 Å². The van der Waals surface area contributed by atoms with E-state index in [9.17, 15) is 0 Å². The van der Waals surface area contributed by atoms with Crippen LogP contribution in [0.2, 0.25) is 0 Å². The number of anilines is 1. The summed E-state index contributed by atoms with van der Waals surface area (Å²) in [4.78, 5) is 0. The van der Waals surface area contributed by atoms with Gasteiger partial charge in [-0.05, 0) is 32.9 Å². The zero-order valence-corrected chi connectivity index (χ0v) is 14.9. The first-order chi connectivity index (χ1) is 11.5. The van der Waals surface area contributed by atoms with E-state index >= 15 is 0 Å². The second-order valence-corrected chi connectivity index (χ2v) is 7.31. The van der Waals surface area contributed by atoms with Crippen LogP contribution in [0.4, 0.5) is 11.4 Å². The summed E-state index contributed by atoms with van der Waals surface area (Å²) in [5, 5.41) is 7.10. The van der Waals surface area contributed by atoms with Gasteiger partial charge in [-0.15, -0.1) is 0 Å². The summed E-state index contributed by atoms with van der Waals surface area (Å²) < 4.78 is 2.33. The van der Waals surface area contributed by atoms with E-state index in [1.165, 1.54) is 33.9 Å². The van der Waals surface area contributed by atoms with Crippen molar-refractivity contribution in [3.8, 4) is 0 Å². The Labute approximate surface area is 143 Å². The van der Waals surface area contributed by atoms with E-state index in [1.807, 2.05) is 0 Å². The zero-order chi connectivity index (χ0) is 16.9. The monoisotopic (exact) mass is 318 g/mol. The second-order valence-electron chi connectivity index (χ2n) is 7.31. The summed E-state index contributed by atoms with van der Waals surface area (Å²) in [6.45, 7) is 7.68. The van der Waals surface area contributed by atoms with Gasteiger partial charge in [-0.1, -0.05) is 35.9 Å². The van der Waals surface area contributed by atoms with Crippen molar-refractivity contribution in [3.63, 3.8) is 0 Å². The summed E-state index contributed by atoms with van der Waals surface area (Å²) in [5.74, 6) is 0. The maximum atomic E-state index is 4.97. The quantitative estimate of drug-likeness (QED) is 0.757. The first kappa shape index (κ1) is 15.1. The standard InChI is InChI=1S/C21H24N3/c1-15-9-11-16(12-10-15)24-14-13-18(22-24)20-21(2,3)17-7-5-6-8-19(17)23(20)4/h5-12H,13-14H2,1-4H3/q+1. The Morgan fingerprint density at radius 3 is 2.46 bits per heavy atom. The summed E-state index contributed by atoms with van der Waals surface area (Å²) in [6, 6.07) is 17.3. The molecule has 0 saturated carbocycles. The molecular weight excluding hydrogens is 294 g/mol. The van der Waals surface area contributed by atoms with E-state index in [1.54, 1.807) is 0 Å². The third-order valence-electron chi connectivity index (χ3n) is 5.27. The normalized spacial score (nSPS) is 18.8. The van der Waals surface area contributed by atoms with Gasteiger partial charge in [-0.3, -0.25) is 5.01 Å². The number of rotatable bonds is 2. The lowest BCUT2D eigenvalue weighted by molar-refractivity contribution is -0.400. The molecule has 2 aliphatic heterocycles. The lowest BCUT2D eigenvalue weighted by atomic mass is 9.79. The molecule has 0 unspecified atom stereocenters. The molecule has 0 spiro atoms. The third kappa shape index (κ3) is 2.19. The Kier molecular flexibility index (Phi) is 3.34. The maximum Gasteiger partial charge on any atom is 0.215 e. The number of hydrogen-bond donors (Lipinski definition) is 0. The van der Waals surface area contributed by atoms with Crippen LogP contribution in [-0.2, 0) is 5.41 Å². The van der Waals surface area contributed by atoms with Crippen LogP contribution in [0.25, 0.3) is 0 Å². The molecule has 0 saturated heterocycles. The van der Waals surface area contributed by atoms with E-state index in [0.717, 1.165) is 13.0 Å². The number of hydrazone groups is 1. The van der Waals surface area contributed by atoms with Crippen LogP contribution in [-0.4, -0.2) is 29.6 Å². The SMILES string of the molecule is Cc1ccc(N2CCC(C3=[N+](C)c4ccccc4C3(C)C)=N2)cc1. The minimum Gasteiger partial charge on any atom is -0.265 e. The van der Waals surface area contributed by atoms with Gasteiger partial charge in [0, 0.05) is 24.6 Å². The fraction of sp³-hybridized carbons (Fsp3) is 0.333. The van der Waals surface area contributed by atoms with Crippen molar-refractivity contribution in [2.45, 2.75) is 32.6 Å². The van der Waals surface area contributed by atoms with Gasteiger partial charge in [-0.2, -0.15) is 9.68 Å². The van der Waals surface area contributed by atoms with Crippen LogP contribution in [0, 0.1) is 6.92 Å². The topological polar surface area (TPSA) is 18.6 Å². The van der Waals surface area contributed by atoms with Crippen LogP contribution >= 0.6 is 0 Å². The molecule has 0 amide bonds. The first-order valence-corrected chi connectivity index (χ1v) is 8.61. The predicted octanol–water partition coefficient (Wildman–Crippen LogP) is 4.27. The summed E-state index contributed by atoms with van der Waals surface area (Å²) in [6.07, 6.45) is 0.991. The van der Waals surface area contributed by atoms with E-state index in [-0.39, 0.29) is 5.41 Å². The summed E-state index contributed by atoms with van der Waals surface area (Å²) in [7, 11) is 2.17. The van der Waals surface area contributed by atoms with Crippen LogP contribution < -0.4 is 5.01 Å². The molecule has 0 radical (unpaired) electrons. The van der Waals surface area contributed by atoms with Gasteiger partial charge in [-0.25, -0.2) is 0 Å². The number of hydrogen-bond acceptors (Lipinski definition) is 2. The molecule has 3 heteroatoms. The Hall–Kier alpha value is -2.42. The molecule has 0 N–H and O–H groups in total. The van der Waals surface area contributed by atoms with Gasteiger partial charge in [0.15, 0.2) is 0 Å². The van der Waals surface area contributed by atoms with Crippen molar-refractivity contribution < 1.29 is 4.58 Å². The van der Waals surface area contributed by atoms with Crippen molar-refractivity contribution in [2.24, 2.45) is 5.10 Å². The fourth-order valence-corrected chi connectivity index (χ4v) is 4.04. The highest BCUT2D eigenvalue weighted by Crippen LogP contribution is 2.40. The Morgan fingerprint density at radius 1 is 1.04 bits per heavy atom. The zero-order valence-electron chi connectivity index (χ0n) is 14.9. The predicted molar refractivity (Wildman–Crippen MR) is 101 cm³/mol. The molecule has 2 heterocycles. The molecule has 0 aromatic heterocycles. The highest BCUT2D eigenvalue weighted by molar-refractivity contribution is 6.45. The molecule has 3 nitrogen and oxygen atoms in total. The molecule has 0 atom stereocenters. The smallest absolute Gasteiger partial charge is 0.215 e. The molecule has 0 fully saturated rings. The van der Waals surface area contributed by atoms with Gasteiger partial charge in [0.2, 0.25) is 11.4 Å². The van der Waals surface area contributed by atoms with E-state index in [2.05, 4.69) is 85.9 Å². The van der Waals surface area contributed by atoms with Crippen molar-refractivity contribution in [3.05, 3.63) is 59.7 Å². The van der Waals surface area contributed by atoms with Crippen molar-refractivity contribution in [1.82, 2.24) is 0 Å². The largest absolute Gasteiger partial charge is 0.265 e. The number of benzene rings is 2. The summed E-state index contributed by atoms with van der Waals surface area (Å²) in [5.41, 5.74) is 7.68. The van der Waals surface area contributed by atoms with Gasteiger partial charge in [0.25, 0.3) is 0 Å². The highest BCUT2D eigenvalue weighted by Gasteiger charge is 2.47. The summed E-state index contributed by atoms with van der Waals surface area (Å²) >= 11 is 0. The fourth-order valence-electron chi connectivity index (χ4n) is 4.04. The minimum absolute atomic E-state index is 0.00649. The van der Waals surface area contributed by atoms with Gasteiger partial charge in [0.05, 0.1) is 11.1 Å².